The van der Waals surface area contributed by atoms with Crippen molar-refractivity contribution in [3.63, 3.8) is 0 Å². The third kappa shape index (κ3) is 0.919. The smallest absolute Gasteiger partial charge is 0.0211 e. The summed E-state index contributed by atoms with van der Waals surface area (Å²) >= 11 is 0. The predicted octanol–water partition coefficient (Wildman–Crippen LogP) is 3.09. The summed E-state index contributed by atoms with van der Waals surface area (Å²) in [6.07, 6.45) is 19.7. The molecule has 0 aromatic heterocycles. The quantitative estimate of drug-likeness (QED) is 0.518. The molecule has 0 nitrogen and oxygen atoms in total. The van der Waals surface area contributed by atoms with E-state index in [0.29, 0.717) is 5.92 Å². The van der Waals surface area contributed by atoms with Crippen LogP contribution >= 0.6 is 0 Å². The maximum atomic E-state index is 2.25. The Morgan fingerprint density at radius 3 is 2.62 bits per heavy atom. The van der Waals surface area contributed by atoms with Gasteiger partial charge < -0.3 is 0 Å². The number of rotatable bonds is 0. The molecule has 62 valence electrons. The normalized spacial score (nSPS) is 27.7. The zero-order chi connectivity index (χ0) is 8.67. The van der Waals surface area contributed by atoms with E-state index in [1.807, 2.05) is 0 Å². The van der Waals surface area contributed by atoms with Crippen LogP contribution in [0, 0.1) is 5.92 Å². The molecule has 0 amide bonds. The molecule has 0 bridgehead atoms. The maximum absolute atomic E-state index is 2.25. The van der Waals surface area contributed by atoms with E-state index in [-0.39, 0.29) is 0 Å². The molecule has 0 saturated carbocycles. The number of allylic oxidation sites excluding steroid dienone is 12. The van der Waals surface area contributed by atoms with Gasteiger partial charge in [0.25, 0.3) is 0 Å². The lowest BCUT2D eigenvalue weighted by Gasteiger charge is -2.09. The Hall–Kier alpha value is -1.56. The predicted molar refractivity (Wildman–Crippen MR) is 55.2 cm³/mol. The Morgan fingerprint density at radius 2 is 1.69 bits per heavy atom. The van der Waals surface area contributed by atoms with Crippen LogP contribution in [-0.4, -0.2) is 0 Å². The first-order chi connectivity index (χ1) is 6.45. The third-order valence-corrected chi connectivity index (χ3v) is 2.71. The van der Waals surface area contributed by atoms with E-state index >= 15 is 0 Å². The molecule has 0 atom stereocenters. The van der Waals surface area contributed by atoms with Crippen molar-refractivity contribution in [3.8, 4) is 0 Å². The summed E-state index contributed by atoms with van der Waals surface area (Å²) in [5.74, 6) is 0.500. The van der Waals surface area contributed by atoms with Crippen molar-refractivity contribution in [1.82, 2.24) is 0 Å². The Bertz CT molecular complexity index is 423. The lowest BCUT2D eigenvalue weighted by Crippen LogP contribution is -1.95. The van der Waals surface area contributed by atoms with E-state index in [4.69, 9.17) is 0 Å². The first kappa shape index (κ1) is 6.90. The van der Waals surface area contributed by atoms with Crippen LogP contribution in [-0.2, 0) is 0 Å². The molecule has 0 aromatic rings. The molecule has 0 aromatic carbocycles. The van der Waals surface area contributed by atoms with Crippen molar-refractivity contribution in [2.75, 3.05) is 0 Å². The van der Waals surface area contributed by atoms with Gasteiger partial charge >= 0.3 is 0 Å². The molecule has 3 aliphatic rings. The van der Waals surface area contributed by atoms with Crippen LogP contribution in [0.2, 0.25) is 0 Å². The van der Waals surface area contributed by atoms with Crippen LogP contribution in [0.5, 0.6) is 0 Å². The second kappa shape index (κ2) is 2.46. The first-order valence-corrected chi connectivity index (χ1v) is 4.61. The topological polar surface area (TPSA) is 0 Å². The summed E-state index contributed by atoms with van der Waals surface area (Å²) in [6.45, 7) is 0. The largest absolute Gasteiger partial charge is 0.0732 e. The fourth-order valence-electron chi connectivity index (χ4n) is 2.05. The SMILES string of the molecule is C1=CC2=CC=CC3C=CC=C3C2=C1. The molecule has 0 aliphatic heterocycles. The number of fused-ring (bicyclic) bond motifs is 3. The highest BCUT2D eigenvalue weighted by atomic mass is 14.2. The Balaban J connectivity index is 2.16. The number of hydrogen-bond donors (Lipinski definition) is 0. The Morgan fingerprint density at radius 1 is 0.846 bits per heavy atom. The van der Waals surface area contributed by atoms with E-state index < -0.39 is 0 Å². The zero-order valence-corrected chi connectivity index (χ0v) is 7.27. The van der Waals surface area contributed by atoms with Crippen LogP contribution in [0.15, 0.2) is 71.4 Å². The van der Waals surface area contributed by atoms with Crippen molar-refractivity contribution < 1.29 is 0 Å². The second-order valence-electron chi connectivity index (χ2n) is 3.48. The molecule has 0 heteroatoms. The van der Waals surface area contributed by atoms with Crippen molar-refractivity contribution in [3.05, 3.63) is 71.4 Å². The van der Waals surface area contributed by atoms with Gasteiger partial charge in [0.1, 0.15) is 0 Å². The average molecular weight is 166 g/mol. The van der Waals surface area contributed by atoms with Gasteiger partial charge in [-0.25, -0.2) is 0 Å². The maximum Gasteiger partial charge on any atom is 0.0211 e. The highest BCUT2D eigenvalue weighted by molar-refractivity contribution is 5.64. The van der Waals surface area contributed by atoms with E-state index in [1.54, 1.807) is 0 Å². The van der Waals surface area contributed by atoms with Crippen LogP contribution in [0.3, 0.4) is 0 Å². The van der Waals surface area contributed by atoms with Gasteiger partial charge in [-0.15, -0.1) is 0 Å². The van der Waals surface area contributed by atoms with Gasteiger partial charge in [0, 0.05) is 5.92 Å². The van der Waals surface area contributed by atoms with Crippen LogP contribution in [0.25, 0.3) is 0 Å². The second-order valence-corrected chi connectivity index (χ2v) is 3.48. The van der Waals surface area contributed by atoms with Crippen molar-refractivity contribution in [1.29, 1.82) is 0 Å². The first-order valence-electron chi connectivity index (χ1n) is 4.61. The van der Waals surface area contributed by atoms with Gasteiger partial charge in [-0.1, -0.05) is 54.7 Å². The molecule has 0 radical (unpaired) electrons. The molecule has 0 heterocycles. The van der Waals surface area contributed by atoms with Gasteiger partial charge in [-0.2, -0.15) is 0 Å². The fourth-order valence-corrected chi connectivity index (χ4v) is 2.05. The summed E-state index contributed by atoms with van der Waals surface area (Å²) < 4.78 is 0. The summed E-state index contributed by atoms with van der Waals surface area (Å²) in [5, 5.41) is 0. The Labute approximate surface area is 78.0 Å². The molecule has 0 saturated heterocycles. The Kier molecular flexibility index (Phi) is 1.31. The molecule has 13 heavy (non-hydrogen) atoms. The summed E-state index contributed by atoms with van der Waals surface area (Å²) in [7, 11) is 0. The molecule has 3 rings (SSSR count). The third-order valence-electron chi connectivity index (χ3n) is 2.71. The molecule has 0 unspecified atom stereocenters. The molecular weight excluding hydrogens is 156 g/mol. The summed E-state index contributed by atoms with van der Waals surface area (Å²) in [4.78, 5) is 0. The molecule has 0 spiro atoms. The van der Waals surface area contributed by atoms with Crippen molar-refractivity contribution in [2.24, 2.45) is 5.92 Å². The average Bonchev–Trinajstić information content (AvgIpc) is 2.72. The zero-order valence-electron chi connectivity index (χ0n) is 7.27. The minimum absolute atomic E-state index is 0.500. The fraction of sp³-hybridized carbons (Fsp3) is 0.0769. The molecule has 0 fully saturated rings. The monoisotopic (exact) mass is 166 g/mol. The van der Waals surface area contributed by atoms with Crippen LogP contribution < -0.4 is 0 Å². The van der Waals surface area contributed by atoms with Gasteiger partial charge in [-0.3, -0.25) is 0 Å². The summed E-state index contributed by atoms with van der Waals surface area (Å²) in [5.41, 5.74) is 4.17. The van der Waals surface area contributed by atoms with Crippen molar-refractivity contribution >= 4 is 0 Å². The van der Waals surface area contributed by atoms with E-state index in [2.05, 4.69) is 54.7 Å². The minimum atomic E-state index is 0.500. The van der Waals surface area contributed by atoms with Gasteiger partial charge in [0.15, 0.2) is 0 Å². The highest BCUT2D eigenvalue weighted by Gasteiger charge is 2.20. The van der Waals surface area contributed by atoms with E-state index in [1.165, 1.54) is 16.7 Å². The van der Waals surface area contributed by atoms with Crippen molar-refractivity contribution in [2.45, 2.75) is 0 Å². The molecular formula is C13H10. The minimum Gasteiger partial charge on any atom is -0.0732 e. The van der Waals surface area contributed by atoms with Gasteiger partial charge in [0.05, 0.1) is 0 Å². The summed E-state index contributed by atoms with van der Waals surface area (Å²) in [6, 6.07) is 0. The lowest BCUT2D eigenvalue weighted by molar-refractivity contribution is 1.02. The van der Waals surface area contributed by atoms with Gasteiger partial charge in [0.2, 0.25) is 0 Å². The molecule has 3 aliphatic carbocycles. The van der Waals surface area contributed by atoms with Crippen LogP contribution in [0.1, 0.15) is 0 Å². The van der Waals surface area contributed by atoms with E-state index in [0.717, 1.165) is 0 Å². The van der Waals surface area contributed by atoms with Crippen LogP contribution in [0.4, 0.5) is 0 Å². The lowest BCUT2D eigenvalue weighted by atomic mass is 9.94. The standard InChI is InChI=1S/C13H10/c1-4-10-6-2-8-12(10)13-9-3-7-11(13)5-1/h1-10H. The van der Waals surface area contributed by atoms with Gasteiger partial charge in [-0.05, 0) is 16.7 Å². The number of hydrogen-bond acceptors (Lipinski definition) is 0. The highest BCUT2D eigenvalue weighted by Crippen LogP contribution is 2.36. The molecule has 0 N–H and O–H groups in total. The van der Waals surface area contributed by atoms with E-state index in [9.17, 15) is 0 Å².